The van der Waals surface area contributed by atoms with Gasteiger partial charge >= 0.3 is 12.1 Å². The lowest BCUT2D eigenvalue weighted by atomic mass is 10.1. The number of benzene rings is 3. The Labute approximate surface area is 211 Å². The number of nitrogens with one attached hydrogen (secondary N) is 2. The van der Waals surface area contributed by atoms with Crippen LogP contribution in [0.3, 0.4) is 0 Å². The van der Waals surface area contributed by atoms with Crippen LogP contribution >= 0.6 is 11.3 Å². The number of halogens is 3. The Morgan fingerprint density at radius 1 is 0.865 bits per heavy atom. The molecule has 1 heterocycles. The third-order valence-electron chi connectivity index (χ3n) is 4.93. The Kier molecular flexibility index (Phi) is 6.96. The first kappa shape index (κ1) is 25.8. The van der Waals surface area contributed by atoms with E-state index in [9.17, 15) is 36.3 Å². The van der Waals surface area contributed by atoms with Gasteiger partial charge in [-0.3, -0.25) is 9.52 Å². The number of alkyl halides is 3. The van der Waals surface area contributed by atoms with E-state index in [-0.39, 0.29) is 31.8 Å². The molecule has 37 heavy (non-hydrogen) atoms. The van der Waals surface area contributed by atoms with Gasteiger partial charge in [-0.05, 0) is 48.5 Å². The molecule has 0 bridgehead atoms. The number of sulfonamides is 1. The van der Waals surface area contributed by atoms with E-state index >= 15 is 0 Å². The van der Waals surface area contributed by atoms with Crippen molar-refractivity contribution in [3.8, 4) is 10.6 Å². The molecule has 3 N–H and O–H groups in total. The van der Waals surface area contributed by atoms with Crippen LogP contribution in [-0.2, 0) is 16.2 Å². The van der Waals surface area contributed by atoms with Crippen molar-refractivity contribution in [3.63, 3.8) is 0 Å². The van der Waals surface area contributed by atoms with E-state index in [0.717, 1.165) is 23.5 Å². The Balaban J connectivity index is 1.45. The van der Waals surface area contributed by atoms with Crippen LogP contribution in [0.2, 0.25) is 0 Å². The van der Waals surface area contributed by atoms with Crippen molar-refractivity contribution in [2.45, 2.75) is 11.1 Å². The molecule has 0 fully saturated rings. The number of rotatable bonds is 7. The van der Waals surface area contributed by atoms with E-state index in [1.165, 1.54) is 60.7 Å². The molecule has 4 aromatic rings. The summed E-state index contributed by atoms with van der Waals surface area (Å²) >= 11 is 0.835. The van der Waals surface area contributed by atoms with Crippen LogP contribution in [0.1, 0.15) is 26.3 Å². The highest BCUT2D eigenvalue weighted by Gasteiger charge is 2.30. The van der Waals surface area contributed by atoms with Gasteiger partial charge < -0.3 is 10.4 Å². The molecule has 0 radical (unpaired) electrons. The van der Waals surface area contributed by atoms with E-state index in [2.05, 4.69) is 20.2 Å². The van der Waals surface area contributed by atoms with Crippen LogP contribution in [0.15, 0.2) is 77.7 Å². The standard InChI is InChI=1S/C23H15F3N4O5S2/c24-23(25,26)14-7-5-13(6-8-14)20-28-29-22(36-20)30-37(34,35)16-11-9-15(10-12-16)27-19(31)17-3-1-2-4-18(17)21(32)33/h1-12H,(H,27,31)(H,29,30)(H,32,33). The number of nitrogens with zero attached hydrogens (tertiary/aromatic N) is 2. The van der Waals surface area contributed by atoms with Gasteiger partial charge in [0.05, 0.1) is 21.6 Å². The van der Waals surface area contributed by atoms with E-state index in [1.807, 2.05) is 0 Å². The van der Waals surface area contributed by atoms with Crippen molar-refractivity contribution in [3.05, 3.63) is 89.5 Å². The normalized spacial score (nSPS) is 11.6. The number of carbonyl (C=O) groups is 2. The van der Waals surface area contributed by atoms with Crippen LogP contribution in [0, 0.1) is 0 Å². The van der Waals surface area contributed by atoms with Crippen molar-refractivity contribution in [1.29, 1.82) is 0 Å². The smallest absolute Gasteiger partial charge is 0.416 e. The molecule has 0 unspecified atom stereocenters. The fourth-order valence-corrected chi connectivity index (χ4v) is 5.12. The van der Waals surface area contributed by atoms with Crippen molar-refractivity contribution in [2.24, 2.45) is 0 Å². The summed E-state index contributed by atoms with van der Waals surface area (Å²) in [6, 6.07) is 14.9. The number of carboxylic acids is 1. The van der Waals surface area contributed by atoms with E-state index < -0.39 is 33.6 Å². The predicted molar refractivity (Wildman–Crippen MR) is 129 cm³/mol. The summed E-state index contributed by atoms with van der Waals surface area (Å²) in [7, 11) is -4.10. The zero-order valence-corrected chi connectivity index (χ0v) is 20.0. The molecule has 0 aliphatic rings. The maximum Gasteiger partial charge on any atom is 0.416 e. The Morgan fingerprint density at radius 3 is 2.08 bits per heavy atom. The summed E-state index contributed by atoms with van der Waals surface area (Å²) in [5.74, 6) is -1.95. The van der Waals surface area contributed by atoms with Crippen molar-refractivity contribution in [1.82, 2.24) is 10.2 Å². The highest BCUT2D eigenvalue weighted by Crippen LogP contribution is 2.33. The second-order valence-corrected chi connectivity index (χ2v) is 10.1. The molecule has 4 rings (SSSR count). The average molecular weight is 549 g/mol. The second kappa shape index (κ2) is 9.99. The van der Waals surface area contributed by atoms with Gasteiger partial charge in [0.25, 0.3) is 15.9 Å². The summed E-state index contributed by atoms with van der Waals surface area (Å²) in [5, 5.41) is 19.4. The molecule has 0 atom stereocenters. The van der Waals surface area contributed by atoms with Gasteiger partial charge in [-0.25, -0.2) is 13.2 Å². The second-order valence-electron chi connectivity index (χ2n) is 7.42. The molecule has 14 heteroatoms. The van der Waals surface area contributed by atoms with Gasteiger partial charge in [-0.2, -0.15) is 13.2 Å². The lowest BCUT2D eigenvalue weighted by Crippen LogP contribution is -2.16. The molecule has 1 aromatic heterocycles. The summed E-state index contributed by atoms with van der Waals surface area (Å²) in [4.78, 5) is 23.6. The van der Waals surface area contributed by atoms with Gasteiger partial charge in [0.1, 0.15) is 5.01 Å². The fourth-order valence-electron chi connectivity index (χ4n) is 3.14. The first-order valence-corrected chi connectivity index (χ1v) is 12.5. The minimum atomic E-state index is -4.48. The minimum absolute atomic E-state index is 0.0616. The number of aromatic carboxylic acids is 1. The molecule has 0 saturated carbocycles. The van der Waals surface area contributed by atoms with Gasteiger partial charge in [-0.15, -0.1) is 10.2 Å². The summed E-state index contributed by atoms with van der Waals surface area (Å²) < 4.78 is 65.9. The van der Waals surface area contributed by atoms with Crippen LogP contribution in [0.5, 0.6) is 0 Å². The van der Waals surface area contributed by atoms with Crippen molar-refractivity contribution >= 4 is 44.1 Å². The molecule has 0 aliphatic carbocycles. The quantitative estimate of drug-likeness (QED) is 0.296. The number of carbonyl (C=O) groups excluding carboxylic acids is 1. The first-order chi connectivity index (χ1) is 17.4. The molecular weight excluding hydrogens is 533 g/mol. The maximum atomic E-state index is 12.7. The summed E-state index contributed by atoms with van der Waals surface area (Å²) in [6.07, 6.45) is -4.48. The van der Waals surface area contributed by atoms with Gasteiger partial charge in [0.2, 0.25) is 5.13 Å². The van der Waals surface area contributed by atoms with Crippen molar-refractivity contribution < 1.29 is 36.3 Å². The highest BCUT2D eigenvalue weighted by molar-refractivity contribution is 7.93. The molecule has 1 amide bonds. The lowest BCUT2D eigenvalue weighted by Gasteiger charge is -2.09. The maximum absolute atomic E-state index is 12.7. The third kappa shape index (κ3) is 5.92. The Morgan fingerprint density at radius 2 is 1.49 bits per heavy atom. The SMILES string of the molecule is O=C(O)c1ccccc1C(=O)Nc1ccc(S(=O)(=O)Nc2nnc(-c3ccc(C(F)(F)F)cc3)s2)cc1. The van der Waals surface area contributed by atoms with Crippen LogP contribution in [0.25, 0.3) is 10.6 Å². The molecule has 3 aromatic carbocycles. The van der Waals surface area contributed by atoms with Crippen LogP contribution < -0.4 is 10.0 Å². The van der Waals surface area contributed by atoms with E-state index in [0.29, 0.717) is 5.56 Å². The minimum Gasteiger partial charge on any atom is -0.478 e. The molecular formula is C23H15F3N4O5S2. The average Bonchev–Trinajstić information content (AvgIpc) is 3.31. The first-order valence-electron chi connectivity index (χ1n) is 10.2. The van der Waals surface area contributed by atoms with Crippen LogP contribution in [-0.4, -0.2) is 35.6 Å². The largest absolute Gasteiger partial charge is 0.478 e. The number of aromatic nitrogens is 2. The van der Waals surface area contributed by atoms with E-state index in [1.54, 1.807) is 0 Å². The summed E-state index contributed by atoms with van der Waals surface area (Å²) in [5.41, 5.74) is -0.512. The van der Waals surface area contributed by atoms with Gasteiger partial charge in [0, 0.05) is 11.3 Å². The molecule has 190 valence electrons. The number of hydrogen-bond acceptors (Lipinski definition) is 7. The molecule has 9 nitrogen and oxygen atoms in total. The monoisotopic (exact) mass is 548 g/mol. The Hall–Kier alpha value is -4.30. The zero-order valence-electron chi connectivity index (χ0n) is 18.4. The topological polar surface area (TPSA) is 138 Å². The molecule has 0 spiro atoms. The number of anilines is 2. The molecule has 0 saturated heterocycles. The fraction of sp³-hybridized carbons (Fsp3) is 0.0435. The summed E-state index contributed by atoms with van der Waals surface area (Å²) in [6.45, 7) is 0. The highest BCUT2D eigenvalue weighted by atomic mass is 32.2. The van der Waals surface area contributed by atoms with Gasteiger partial charge in [0.15, 0.2) is 0 Å². The number of hydrogen-bond donors (Lipinski definition) is 3. The number of carboxylic acid groups (broad SMARTS) is 1. The Bertz CT molecular complexity index is 1570. The third-order valence-corrected chi connectivity index (χ3v) is 7.30. The zero-order chi connectivity index (χ0) is 26.8. The molecule has 0 aliphatic heterocycles. The lowest BCUT2D eigenvalue weighted by molar-refractivity contribution is -0.137. The van der Waals surface area contributed by atoms with E-state index in [4.69, 9.17) is 0 Å². The van der Waals surface area contributed by atoms with Gasteiger partial charge in [-0.1, -0.05) is 35.6 Å². The van der Waals surface area contributed by atoms with Crippen LogP contribution in [0.4, 0.5) is 24.0 Å². The van der Waals surface area contributed by atoms with Crippen molar-refractivity contribution in [2.75, 3.05) is 10.0 Å². The predicted octanol–water partition coefficient (Wildman–Crippen LogP) is 4.98. The number of amides is 1.